The zero-order chi connectivity index (χ0) is 18.6. The third-order valence-electron chi connectivity index (χ3n) is 3.14. The summed E-state index contributed by atoms with van der Waals surface area (Å²) in [5.41, 5.74) is 1.12. The van der Waals surface area contributed by atoms with Crippen LogP contribution in [-0.2, 0) is 4.74 Å². The number of hydrogen-bond donors (Lipinski definition) is 2. The third kappa shape index (κ3) is 5.27. The average molecular weight is 342 g/mol. The van der Waals surface area contributed by atoms with Gasteiger partial charge >= 0.3 is 5.97 Å². The summed E-state index contributed by atoms with van der Waals surface area (Å²) in [7, 11) is 1.34. The van der Waals surface area contributed by atoms with Crippen molar-refractivity contribution in [1.82, 2.24) is 15.3 Å². The van der Waals surface area contributed by atoms with Crippen LogP contribution in [0.4, 0.5) is 11.5 Å². The topological polar surface area (TPSA) is 93.2 Å². The van der Waals surface area contributed by atoms with Crippen LogP contribution in [0.2, 0.25) is 0 Å². The van der Waals surface area contributed by atoms with Gasteiger partial charge < -0.3 is 15.4 Å². The molecule has 25 heavy (non-hydrogen) atoms. The molecule has 0 bridgehead atoms. The van der Waals surface area contributed by atoms with E-state index in [1.165, 1.54) is 7.11 Å². The van der Waals surface area contributed by atoms with E-state index in [0.717, 1.165) is 5.69 Å². The summed E-state index contributed by atoms with van der Waals surface area (Å²) < 4.78 is 4.67. The van der Waals surface area contributed by atoms with E-state index >= 15 is 0 Å². The smallest absolute Gasteiger partial charge is 0.337 e. The lowest BCUT2D eigenvalue weighted by Gasteiger charge is -2.20. The Morgan fingerprint density at radius 2 is 1.72 bits per heavy atom. The molecule has 0 aliphatic rings. The number of methoxy groups -OCH3 is 1. The van der Waals surface area contributed by atoms with Crippen LogP contribution in [0.15, 0.2) is 30.3 Å². The number of carbonyl (C=O) groups is 2. The Balaban J connectivity index is 2.20. The first-order valence-electron chi connectivity index (χ1n) is 7.81. The number of aryl methyl sites for hydroxylation is 1. The Labute approximate surface area is 146 Å². The first kappa shape index (κ1) is 18.4. The van der Waals surface area contributed by atoms with Gasteiger partial charge in [0.25, 0.3) is 5.91 Å². The first-order valence-corrected chi connectivity index (χ1v) is 7.81. The average Bonchev–Trinajstić information content (AvgIpc) is 2.52. The van der Waals surface area contributed by atoms with Crippen molar-refractivity contribution in [2.75, 3.05) is 12.4 Å². The maximum atomic E-state index is 12.3. The molecule has 132 valence electrons. The molecular weight excluding hydrogens is 320 g/mol. The lowest BCUT2D eigenvalue weighted by atomic mass is 10.1. The van der Waals surface area contributed by atoms with E-state index in [4.69, 9.17) is 0 Å². The molecule has 1 heterocycles. The van der Waals surface area contributed by atoms with Gasteiger partial charge in [0.1, 0.15) is 17.3 Å². The summed E-state index contributed by atoms with van der Waals surface area (Å²) in [6.07, 6.45) is 0. The second kappa shape index (κ2) is 7.29. The summed E-state index contributed by atoms with van der Waals surface area (Å²) in [4.78, 5) is 32.2. The van der Waals surface area contributed by atoms with Crippen molar-refractivity contribution in [1.29, 1.82) is 0 Å². The molecule has 1 amide bonds. The van der Waals surface area contributed by atoms with Crippen LogP contribution in [0, 0.1) is 6.92 Å². The van der Waals surface area contributed by atoms with Gasteiger partial charge in [0.05, 0.1) is 12.7 Å². The molecule has 1 aromatic carbocycles. The van der Waals surface area contributed by atoms with Gasteiger partial charge in [-0.2, -0.15) is 0 Å². The minimum Gasteiger partial charge on any atom is -0.465 e. The molecule has 0 radical (unpaired) electrons. The standard InChI is InChI=1S/C18H22N4O3/c1-11-19-14(16(23)22-18(2,3)4)10-15(20-11)21-13-8-6-12(7-9-13)17(24)25-5/h6-10H,1-5H3,(H,22,23)(H,19,20,21). The molecule has 7 heteroatoms. The van der Waals surface area contributed by atoms with E-state index in [9.17, 15) is 9.59 Å². The first-order chi connectivity index (χ1) is 11.7. The zero-order valence-electron chi connectivity index (χ0n) is 15.0. The molecule has 2 aromatic rings. The molecule has 7 nitrogen and oxygen atoms in total. The normalized spacial score (nSPS) is 10.9. The van der Waals surface area contributed by atoms with Gasteiger partial charge in [-0.25, -0.2) is 14.8 Å². The number of nitrogens with one attached hydrogen (secondary N) is 2. The lowest BCUT2D eigenvalue weighted by Crippen LogP contribution is -2.41. The molecule has 0 unspecified atom stereocenters. The molecular formula is C18H22N4O3. The van der Waals surface area contributed by atoms with Gasteiger partial charge in [0.2, 0.25) is 0 Å². The maximum Gasteiger partial charge on any atom is 0.337 e. The van der Waals surface area contributed by atoms with Crippen molar-refractivity contribution in [3.05, 3.63) is 47.4 Å². The number of amides is 1. The second-order valence-electron chi connectivity index (χ2n) is 6.58. The maximum absolute atomic E-state index is 12.3. The number of anilines is 2. The Morgan fingerprint density at radius 3 is 2.28 bits per heavy atom. The highest BCUT2D eigenvalue weighted by Crippen LogP contribution is 2.17. The summed E-state index contributed by atoms with van der Waals surface area (Å²) in [5.74, 6) is 0.320. The van der Waals surface area contributed by atoms with Crippen molar-refractivity contribution >= 4 is 23.4 Å². The molecule has 0 fully saturated rings. The third-order valence-corrected chi connectivity index (χ3v) is 3.14. The van der Waals surface area contributed by atoms with Crippen LogP contribution in [0.5, 0.6) is 0 Å². The van der Waals surface area contributed by atoms with Crippen LogP contribution < -0.4 is 10.6 Å². The van der Waals surface area contributed by atoms with Crippen LogP contribution in [0.25, 0.3) is 0 Å². The molecule has 2 rings (SSSR count). The molecule has 0 atom stereocenters. The second-order valence-corrected chi connectivity index (χ2v) is 6.58. The molecule has 0 aliphatic heterocycles. The highest BCUT2D eigenvalue weighted by atomic mass is 16.5. The number of ether oxygens (including phenoxy) is 1. The number of aromatic nitrogens is 2. The van der Waals surface area contributed by atoms with E-state index in [0.29, 0.717) is 17.2 Å². The quantitative estimate of drug-likeness (QED) is 0.830. The van der Waals surface area contributed by atoms with Gasteiger partial charge in [-0.3, -0.25) is 4.79 Å². The van der Waals surface area contributed by atoms with Crippen LogP contribution in [0.1, 0.15) is 47.4 Å². The highest BCUT2D eigenvalue weighted by molar-refractivity contribution is 5.93. The Bertz CT molecular complexity index is 780. The molecule has 1 aromatic heterocycles. The summed E-state index contributed by atoms with van der Waals surface area (Å²) in [6, 6.07) is 8.35. The number of benzene rings is 1. The predicted octanol–water partition coefficient (Wildman–Crippen LogP) is 2.84. The van der Waals surface area contributed by atoms with Crippen LogP contribution in [-0.4, -0.2) is 34.5 Å². The summed E-state index contributed by atoms with van der Waals surface area (Å²) in [5, 5.41) is 5.98. The van der Waals surface area contributed by atoms with Crippen molar-refractivity contribution in [2.24, 2.45) is 0 Å². The Morgan fingerprint density at radius 1 is 1.08 bits per heavy atom. The van der Waals surface area contributed by atoms with E-state index in [1.54, 1.807) is 37.3 Å². The van der Waals surface area contributed by atoms with E-state index in [-0.39, 0.29) is 17.1 Å². The fraction of sp³-hybridized carbons (Fsp3) is 0.333. The Hall–Kier alpha value is -2.96. The number of carbonyl (C=O) groups excluding carboxylic acids is 2. The van der Waals surface area contributed by atoms with E-state index < -0.39 is 5.97 Å². The van der Waals surface area contributed by atoms with E-state index in [1.807, 2.05) is 20.8 Å². The molecule has 2 N–H and O–H groups in total. The number of rotatable bonds is 4. The minimum absolute atomic E-state index is 0.262. The fourth-order valence-corrected chi connectivity index (χ4v) is 2.11. The predicted molar refractivity (Wildman–Crippen MR) is 95.1 cm³/mol. The van der Waals surface area contributed by atoms with Crippen molar-refractivity contribution in [3.8, 4) is 0 Å². The van der Waals surface area contributed by atoms with Crippen LogP contribution in [0.3, 0.4) is 0 Å². The molecule has 0 spiro atoms. The number of esters is 1. The monoisotopic (exact) mass is 342 g/mol. The summed E-state index contributed by atoms with van der Waals surface area (Å²) >= 11 is 0. The molecule has 0 saturated carbocycles. The molecule has 0 saturated heterocycles. The fourth-order valence-electron chi connectivity index (χ4n) is 2.11. The van der Waals surface area contributed by atoms with Crippen molar-refractivity contribution < 1.29 is 14.3 Å². The van der Waals surface area contributed by atoms with Gasteiger partial charge in [0.15, 0.2) is 0 Å². The SMILES string of the molecule is COC(=O)c1ccc(Nc2cc(C(=O)NC(C)(C)C)nc(C)n2)cc1. The lowest BCUT2D eigenvalue weighted by molar-refractivity contribution is 0.0600. The molecule has 0 aliphatic carbocycles. The number of hydrogen-bond acceptors (Lipinski definition) is 6. The van der Waals surface area contributed by atoms with E-state index in [2.05, 4.69) is 25.3 Å². The van der Waals surface area contributed by atoms with Gasteiger partial charge in [-0.05, 0) is 52.0 Å². The van der Waals surface area contributed by atoms with Crippen molar-refractivity contribution in [3.63, 3.8) is 0 Å². The van der Waals surface area contributed by atoms with Gasteiger partial charge in [-0.1, -0.05) is 0 Å². The minimum atomic E-state index is -0.398. The highest BCUT2D eigenvalue weighted by Gasteiger charge is 2.17. The summed E-state index contributed by atoms with van der Waals surface area (Å²) in [6.45, 7) is 7.43. The van der Waals surface area contributed by atoms with Gasteiger partial charge in [0, 0.05) is 17.3 Å². The largest absolute Gasteiger partial charge is 0.465 e. The Kier molecular flexibility index (Phi) is 5.36. The van der Waals surface area contributed by atoms with Crippen LogP contribution >= 0.6 is 0 Å². The zero-order valence-corrected chi connectivity index (χ0v) is 15.0. The number of nitrogens with zero attached hydrogens (tertiary/aromatic N) is 2. The van der Waals surface area contributed by atoms with Crippen molar-refractivity contribution in [2.45, 2.75) is 33.2 Å². The van der Waals surface area contributed by atoms with Gasteiger partial charge in [-0.15, -0.1) is 0 Å².